The topological polar surface area (TPSA) is 144 Å². The molecule has 14 heteroatoms. The smallest absolute Gasteiger partial charge is 0.413 e. The Morgan fingerprint density at radius 2 is 1.82 bits per heavy atom. The lowest BCUT2D eigenvalue weighted by atomic mass is 10.2. The van der Waals surface area contributed by atoms with Crippen molar-refractivity contribution in [2.24, 2.45) is 0 Å². The number of ether oxygens (including phenoxy) is 2. The Balaban J connectivity index is 2.08. The molecule has 3 N–H and O–H groups in total. The summed E-state index contributed by atoms with van der Waals surface area (Å²) in [6.45, 7) is 13.1. The van der Waals surface area contributed by atoms with Crippen molar-refractivity contribution in [1.29, 1.82) is 5.26 Å². The molecule has 0 aliphatic rings. The average Bonchev–Trinajstić information content (AvgIpc) is 2.83. The SMILES string of the molecule is CCOC(=O)NC(=O)C(C#N)NNc1cc(Cl)c(Oc2ccc(=O)n(CCO[Si](C)(C)C(C)(C)C)c2)c(Cl)c1. The molecule has 2 aromatic rings. The summed E-state index contributed by atoms with van der Waals surface area (Å²) in [6.07, 6.45) is 0.587. The standard InChI is InChI=1S/C25H33Cl2N5O6Si/c1-7-36-24(35)29-23(34)20(14-28)31-30-16-12-18(26)22(19(27)13-16)38-17-8-9-21(33)32(15-17)10-11-37-39(5,6)25(2,3)4/h8-9,12-13,15,20,30-31H,7,10-11H2,1-6H3,(H,29,34,35). The van der Waals surface area contributed by atoms with Gasteiger partial charge in [-0.2, -0.15) is 5.26 Å². The number of aromatic nitrogens is 1. The maximum absolute atomic E-state index is 12.4. The van der Waals surface area contributed by atoms with Gasteiger partial charge in [-0.1, -0.05) is 44.0 Å². The summed E-state index contributed by atoms with van der Waals surface area (Å²) in [4.78, 5) is 35.8. The van der Waals surface area contributed by atoms with Crippen molar-refractivity contribution in [3.63, 3.8) is 0 Å². The Bertz CT molecular complexity index is 1270. The quantitative estimate of drug-likeness (QED) is 0.239. The van der Waals surface area contributed by atoms with Gasteiger partial charge in [0, 0.05) is 18.8 Å². The lowest BCUT2D eigenvalue weighted by Gasteiger charge is -2.36. The fourth-order valence-electron chi connectivity index (χ4n) is 2.86. The largest absolute Gasteiger partial charge is 0.453 e. The van der Waals surface area contributed by atoms with E-state index in [1.54, 1.807) is 19.2 Å². The van der Waals surface area contributed by atoms with E-state index in [0.29, 0.717) is 24.6 Å². The minimum absolute atomic E-state index is 0.0531. The number of amides is 2. The fourth-order valence-corrected chi connectivity index (χ4v) is 4.46. The summed E-state index contributed by atoms with van der Waals surface area (Å²) in [5, 5.41) is 11.5. The predicted octanol–water partition coefficient (Wildman–Crippen LogP) is 5.05. The van der Waals surface area contributed by atoms with E-state index in [2.05, 4.69) is 49.5 Å². The van der Waals surface area contributed by atoms with E-state index in [9.17, 15) is 19.6 Å². The number of carbonyl (C=O) groups is 2. The zero-order valence-electron chi connectivity index (χ0n) is 22.7. The van der Waals surface area contributed by atoms with Crippen LogP contribution >= 0.6 is 23.2 Å². The van der Waals surface area contributed by atoms with Crippen LogP contribution in [-0.2, 0) is 20.5 Å². The third kappa shape index (κ3) is 9.26. The highest BCUT2D eigenvalue weighted by Crippen LogP contribution is 2.39. The summed E-state index contributed by atoms with van der Waals surface area (Å²) in [6, 6.07) is 6.09. The first-order valence-electron chi connectivity index (χ1n) is 12.1. The third-order valence-electron chi connectivity index (χ3n) is 6.03. The van der Waals surface area contributed by atoms with Gasteiger partial charge in [0.2, 0.25) is 0 Å². The van der Waals surface area contributed by atoms with E-state index in [1.807, 2.05) is 5.32 Å². The van der Waals surface area contributed by atoms with Gasteiger partial charge in [-0.15, -0.1) is 0 Å². The minimum Gasteiger partial charge on any atom is -0.453 e. The van der Waals surface area contributed by atoms with Gasteiger partial charge in [0.05, 0.1) is 35.0 Å². The number of hydrogen-bond acceptors (Lipinski definition) is 9. The van der Waals surface area contributed by atoms with E-state index in [0.717, 1.165) is 0 Å². The number of rotatable bonds is 11. The predicted molar refractivity (Wildman–Crippen MR) is 152 cm³/mol. The zero-order chi connectivity index (χ0) is 29.4. The Labute approximate surface area is 238 Å². The molecule has 11 nitrogen and oxygen atoms in total. The molecule has 0 saturated carbocycles. The molecular weight excluding hydrogens is 565 g/mol. The van der Waals surface area contributed by atoms with Crippen molar-refractivity contribution in [2.75, 3.05) is 18.6 Å². The van der Waals surface area contributed by atoms with Crippen molar-refractivity contribution >= 4 is 49.2 Å². The highest BCUT2D eigenvalue weighted by atomic mass is 35.5. The van der Waals surface area contributed by atoms with E-state index in [-0.39, 0.29) is 33.0 Å². The number of nitriles is 1. The average molecular weight is 599 g/mol. The van der Waals surface area contributed by atoms with E-state index >= 15 is 0 Å². The van der Waals surface area contributed by atoms with Crippen LogP contribution in [0.3, 0.4) is 0 Å². The van der Waals surface area contributed by atoms with Crippen LogP contribution in [0.1, 0.15) is 27.7 Å². The van der Waals surface area contributed by atoms with Crippen LogP contribution in [0.4, 0.5) is 10.5 Å². The number of hydrogen-bond donors (Lipinski definition) is 3. The van der Waals surface area contributed by atoms with Gasteiger partial charge >= 0.3 is 6.09 Å². The van der Waals surface area contributed by atoms with Crippen LogP contribution in [0.2, 0.25) is 28.2 Å². The van der Waals surface area contributed by atoms with Crippen LogP contribution in [0.15, 0.2) is 35.3 Å². The van der Waals surface area contributed by atoms with Crippen LogP contribution in [0, 0.1) is 11.3 Å². The molecule has 1 aromatic carbocycles. The minimum atomic E-state index is -1.96. The summed E-state index contributed by atoms with van der Waals surface area (Å²) in [7, 11) is -1.96. The first-order chi connectivity index (χ1) is 18.2. The van der Waals surface area contributed by atoms with Gasteiger partial charge in [-0.25, -0.2) is 10.2 Å². The Morgan fingerprint density at radius 1 is 1.18 bits per heavy atom. The number of nitrogens with one attached hydrogen (secondary N) is 3. The molecule has 39 heavy (non-hydrogen) atoms. The van der Waals surface area contributed by atoms with Gasteiger partial charge < -0.3 is 23.9 Å². The molecule has 2 rings (SSSR count). The second-order valence-corrected chi connectivity index (χ2v) is 15.5. The lowest BCUT2D eigenvalue weighted by Crippen LogP contribution is -2.47. The number of nitrogens with zero attached hydrogens (tertiary/aromatic N) is 2. The maximum atomic E-state index is 12.4. The number of hydrazine groups is 1. The molecule has 0 bridgehead atoms. The first kappa shape index (κ1) is 32.1. The molecule has 0 fully saturated rings. The molecule has 0 saturated heterocycles. The van der Waals surface area contributed by atoms with Crippen molar-refractivity contribution in [2.45, 2.75) is 58.4 Å². The molecule has 1 heterocycles. The molecule has 0 aliphatic heterocycles. The molecule has 1 unspecified atom stereocenters. The Hall–Kier alpha value is -3.08. The number of alkyl carbamates (subject to hydrolysis) is 1. The maximum Gasteiger partial charge on any atom is 0.413 e. The second kappa shape index (κ2) is 13.8. The van der Waals surface area contributed by atoms with Gasteiger partial charge in [0.15, 0.2) is 20.1 Å². The van der Waals surface area contributed by atoms with Gasteiger partial charge in [-0.3, -0.25) is 14.9 Å². The highest BCUT2D eigenvalue weighted by Gasteiger charge is 2.36. The van der Waals surface area contributed by atoms with Gasteiger partial charge in [0.1, 0.15) is 5.75 Å². The third-order valence-corrected chi connectivity index (χ3v) is 11.1. The summed E-state index contributed by atoms with van der Waals surface area (Å²) in [5.41, 5.74) is 5.23. The summed E-state index contributed by atoms with van der Waals surface area (Å²) in [5.74, 6) is -0.432. The molecule has 1 aromatic heterocycles. The van der Waals surface area contributed by atoms with Crippen LogP contribution in [-0.4, -0.2) is 44.1 Å². The lowest BCUT2D eigenvalue weighted by molar-refractivity contribution is -0.121. The van der Waals surface area contributed by atoms with E-state index < -0.39 is 26.4 Å². The van der Waals surface area contributed by atoms with Gasteiger partial charge in [-0.05, 0) is 43.3 Å². The van der Waals surface area contributed by atoms with Crippen LogP contribution < -0.4 is 26.5 Å². The molecule has 212 valence electrons. The molecule has 2 amide bonds. The Kier molecular flexibility index (Phi) is 11.4. The molecule has 0 radical (unpaired) electrons. The monoisotopic (exact) mass is 597 g/mol. The first-order valence-corrected chi connectivity index (χ1v) is 15.7. The van der Waals surface area contributed by atoms with Crippen LogP contribution in [0.25, 0.3) is 0 Å². The summed E-state index contributed by atoms with van der Waals surface area (Å²) >= 11 is 12.8. The van der Waals surface area contributed by atoms with E-state index in [1.165, 1.54) is 28.8 Å². The van der Waals surface area contributed by atoms with Crippen molar-refractivity contribution in [3.05, 3.63) is 50.9 Å². The van der Waals surface area contributed by atoms with Gasteiger partial charge in [0.25, 0.3) is 11.5 Å². The summed E-state index contributed by atoms with van der Waals surface area (Å²) < 4.78 is 18.2. The fraction of sp³-hybridized carbons (Fsp3) is 0.440. The molecule has 0 spiro atoms. The van der Waals surface area contributed by atoms with Crippen molar-refractivity contribution in [1.82, 2.24) is 15.3 Å². The normalized spacial score (nSPS) is 12.3. The van der Waals surface area contributed by atoms with Crippen molar-refractivity contribution < 1.29 is 23.5 Å². The van der Waals surface area contributed by atoms with Crippen molar-refractivity contribution in [3.8, 4) is 17.6 Å². The number of benzene rings is 1. The highest BCUT2D eigenvalue weighted by molar-refractivity contribution is 6.74. The second-order valence-electron chi connectivity index (χ2n) is 9.92. The number of imide groups is 1. The zero-order valence-corrected chi connectivity index (χ0v) is 25.2. The number of carbonyl (C=O) groups excluding carboxylic acids is 2. The van der Waals surface area contributed by atoms with E-state index in [4.69, 9.17) is 32.4 Å². The molecular formula is C25H33Cl2N5O6Si. The number of halogens is 2. The molecule has 0 aliphatic carbocycles. The Morgan fingerprint density at radius 3 is 2.38 bits per heavy atom. The molecule has 1 atom stereocenters. The number of anilines is 1. The number of pyridine rings is 1. The van der Waals surface area contributed by atoms with Crippen LogP contribution in [0.5, 0.6) is 11.5 Å².